The van der Waals surface area contributed by atoms with Crippen molar-refractivity contribution in [1.82, 2.24) is 0 Å². The molecule has 3 saturated carbocycles. The van der Waals surface area contributed by atoms with Crippen molar-refractivity contribution in [2.75, 3.05) is 0 Å². The van der Waals surface area contributed by atoms with Crippen LogP contribution in [0.15, 0.2) is 11.6 Å². The second-order valence-corrected chi connectivity index (χ2v) is 14.5. The molecule has 0 aromatic rings. The van der Waals surface area contributed by atoms with Crippen LogP contribution in [-0.2, 0) is 0 Å². The lowest BCUT2D eigenvalue weighted by Crippen LogP contribution is -2.44. The summed E-state index contributed by atoms with van der Waals surface area (Å²) in [5.74, 6) is 4.65. The molecule has 2 heteroatoms. The van der Waals surface area contributed by atoms with Crippen molar-refractivity contribution in [3.63, 3.8) is 0 Å². The van der Waals surface area contributed by atoms with Crippen molar-refractivity contribution in [2.45, 2.75) is 132 Å². The maximum absolute atomic E-state index is 10.1. The normalized spacial score (nSPS) is 38.5. The molecule has 0 bridgehead atoms. The number of hydrogen-bond donors (Lipinski definition) is 2. The van der Waals surface area contributed by atoms with Gasteiger partial charge in [0.15, 0.2) is 0 Å². The van der Waals surface area contributed by atoms with Crippen molar-refractivity contribution in [3.05, 3.63) is 11.6 Å². The van der Waals surface area contributed by atoms with E-state index >= 15 is 0 Å². The van der Waals surface area contributed by atoms with E-state index in [-0.39, 0.29) is 12.2 Å². The highest BCUT2D eigenvalue weighted by atomic mass is 16.3. The molecule has 0 amide bonds. The lowest BCUT2D eigenvalue weighted by atomic mass is 9.54. The van der Waals surface area contributed by atoms with E-state index in [0.717, 1.165) is 48.9 Å². The number of aliphatic hydroxyl groups excluding tert-OH is 2. The van der Waals surface area contributed by atoms with Crippen LogP contribution in [0.2, 0.25) is 0 Å². The minimum absolute atomic E-state index is 0.312. The molecule has 7 unspecified atom stereocenters. The molecular weight excluding hydrogens is 404 g/mol. The maximum atomic E-state index is 10.1. The third-order valence-corrected chi connectivity index (χ3v) is 11.9. The maximum Gasteiger partial charge on any atom is 0.0602 e. The van der Waals surface area contributed by atoms with E-state index in [1.807, 2.05) is 0 Å². The SMILES string of the molecule is CC(C(C)C(C)C(C)(C)C(C)(C)C)C1CCC2C(CC=C3C[C@@H](O)C[C@H](O)C3)CCCC21C. The molecule has 3 aliphatic carbocycles. The molecule has 0 radical (unpaired) electrons. The van der Waals surface area contributed by atoms with Gasteiger partial charge in [0.1, 0.15) is 0 Å². The zero-order chi connectivity index (χ0) is 24.8. The molecule has 3 rings (SSSR count). The summed E-state index contributed by atoms with van der Waals surface area (Å²) in [5, 5.41) is 20.2. The molecule has 2 N–H and O–H groups in total. The standard InChI is InChI=1S/C31H56O2/c1-20(22(3)30(7,8)29(4,5)6)21(2)27-14-15-28-24(11-10-16-31(27,28)9)13-12-23-17-25(32)19-26(33)18-23/h12,20-22,24-28,32-33H,10-11,13-19H2,1-9H3/t20?,21?,22?,24?,25-,26-,27?,28?,31?/m1/s1. The summed E-state index contributed by atoms with van der Waals surface area (Å²) >= 11 is 0. The van der Waals surface area contributed by atoms with E-state index in [9.17, 15) is 10.2 Å². The van der Waals surface area contributed by atoms with Gasteiger partial charge in [-0.05, 0) is 103 Å². The Kier molecular flexibility index (Phi) is 8.23. The Labute approximate surface area is 206 Å². The molecule has 0 aliphatic heterocycles. The fourth-order valence-electron chi connectivity index (χ4n) is 8.35. The summed E-state index contributed by atoms with van der Waals surface area (Å²) in [7, 11) is 0. The van der Waals surface area contributed by atoms with Crippen molar-refractivity contribution < 1.29 is 10.2 Å². The average Bonchev–Trinajstić information content (AvgIpc) is 3.06. The first kappa shape index (κ1) is 27.3. The molecule has 0 aromatic heterocycles. The van der Waals surface area contributed by atoms with Crippen LogP contribution < -0.4 is 0 Å². The van der Waals surface area contributed by atoms with Gasteiger partial charge in [-0.1, -0.05) is 80.4 Å². The molecule has 3 aliphatic rings. The van der Waals surface area contributed by atoms with E-state index < -0.39 is 0 Å². The summed E-state index contributed by atoms with van der Waals surface area (Å²) in [6.07, 6.45) is 11.9. The van der Waals surface area contributed by atoms with Crippen molar-refractivity contribution in [1.29, 1.82) is 0 Å². The molecule has 33 heavy (non-hydrogen) atoms. The molecule has 0 aromatic carbocycles. The molecule has 192 valence electrons. The Hall–Kier alpha value is -0.340. The van der Waals surface area contributed by atoms with Gasteiger partial charge >= 0.3 is 0 Å². The van der Waals surface area contributed by atoms with Gasteiger partial charge in [-0.15, -0.1) is 0 Å². The highest BCUT2D eigenvalue weighted by Crippen LogP contribution is 2.62. The highest BCUT2D eigenvalue weighted by Gasteiger charge is 2.53. The van der Waals surface area contributed by atoms with Gasteiger partial charge in [0, 0.05) is 0 Å². The van der Waals surface area contributed by atoms with Crippen LogP contribution >= 0.6 is 0 Å². The van der Waals surface area contributed by atoms with Gasteiger partial charge in [-0.2, -0.15) is 0 Å². The number of aliphatic hydroxyl groups is 2. The molecule has 0 spiro atoms. The van der Waals surface area contributed by atoms with E-state index in [1.54, 1.807) is 0 Å². The third-order valence-electron chi connectivity index (χ3n) is 11.9. The van der Waals surface area contributed by atoms with E-state index in [4.69, 9.17) is 0 Å². The van der Waals surface area contributed by atoms with Gasteiger partial charge in [0.2, 0.25) is 0 Å². The number of hydrogen-bond acceptors (Lipinski definition) is 2. The van der Waals surface area contributed by atoms with Crippen LogP contribution in [0.1, 0.15) is 120 Å². The van der Waals surface area contributed by atoms with Gasteiger partial charge in [-0.25, -0.2) is 0 Å². The van der Waals surface area contributed by atoms with Gasteiger partial charge < -0.3 is 10.2 Å². The van der Waals surface area contributed by atoms with Crippen molar-refractivity contribution in [3.8, 4) is 0 Å². The number of allylic oxidation sites excluding steroid dienone is 1. The average molecular weight is 461 g/mol. The second kappa shape index (κ2) is 9.96. The number of fused-ring (bicyclic) bond motifs is 1. The zero-order valence-electron chi connectivity index (χ0n) is 23.5. The highest BCUT2D eigenvalue weighted by molar-refractivity contribution is 5.11. The van der Waals surface area contributed by atoms with Crippen molar-refractivity contribution in [2.24, 2.45) is 51.8 Å². The summed E-state index contributed by atoms with van der Waals surface area (Å²) < 4.78 is 0. The van der Waals surface area contributed by atoms with E-state index in [1.165, 1.54) is 37.7 Å². The Bertz CT molecular complexity index is 674. The molecule has 0 saturated heterocycles. The largest absolute Gasteiger partial charge is 0.393 e. The molecular formula is C31H56O2. The van der Waals surface area contributed by atoms with Crippen LogP contribution in [-0.4, -0.2) is 22.4 Å². The Morgan fingerprint density at radius 2 is 1.58 bits per heavy atom. The van der Waals surface area contributed by atoms with Crippen LogP contribution in [0, 0.1) is 51.8 Å². The van der Waals surface area contributed by atoms with Crippen LogP contribution in [0.3, 0.4) is 0 Å². The fourth-order valence-corrected chi connectivity index (χ4v) is 8.35. The van der Waals surface area contributed by atoms with Gasteiger partial charge in [0.05, 0.1) is 12.2 Å². The summed E-state index contributed by atoms with van der Waals surface area (Å²) in [5.41, 5.74) is 2.40. The predicted octanol–water partition coefficient (Wildman–Crippen LogP) is 8.02. The molecule has 9 atom stereocenters. The Morgan fingerprint density at radius 3 is 2.15 bits per heavy atom. The minimum atomic E-state index is -0.353. The predicted molar refractivity (Wildman–Crippen MR) is 141 cm³/mol. The smallest absolute Gasteiger partial charge is 0.0602 e. The first-order chi connectivity index (χ1) is 15.2. The second-order valence-electron chi connectivity index (χ2n) is 14.5. The molecule has 2 nitrogen and oxygen atoms in total. The first-order valence-corrected chi connectivity index (χ1v) is 14.2. The first-order valence-electron chi connectivity index (χ1n) is 14.2. The monoisotopic (exact) mass is 460 g/mol. The Morgan fingerprint density at radius 1 is 0.970 bits per heavy atom. The third kappa shape index (κ3) is 5.42. The van der Waals surface area contributed by atoms with Gasteiger partial charge in [-0.3, -0.25) is 0 Å². The van der Waals surface area contributed by atoms with Gasteiger partial charge in [0.25, 0.3) is 0 Å². The molecule has 0 heterocycles. The fraction of sp³-hybridized carbons (Fsp3) is 0.935. The van der Waals surface area contributed by atoms with Crippen LogP contribution in [0.25, 0.3) is 0 Å². The molecule has 3 fully saturated rings. The lowest BCUT2D eigenvalue weighted by molar-refractivity contribution is -0.0226. The lowest BCUT2D eigenvalue weighted by Gasteiger charge is -2.51. The van der Waals surface area contributed by atoms with Crippen LogP contribution in [0.5, 0.6) is 0 Å². The minimum Gasteiger partial charge on any atom is -0.393 e. The summed E-state index contributed by atoms with van der Waals surface area (Å²) in [4.78, 5) is 0. The van der Waals surface area contributed by atoms with Crippen LogP contribution in [0.4, 0.5) is 0 Å². The Balaban J connectivity index is 1.71. The number of rotatable bonds is 6. The topological polar surface area (TPSA) is 40.5 Å². The quantitative estimate of drug-likeness (QED) is 0.394. The van der Waals surface area contributed by atoms with Crippen molar-refractivity contribution >= 4 is 0 Å². The summed E-state index contributed by atoms with van der Waals surface area (Å²) in [6.45, 7) is 22.5. The van der Waals surface area contributed by atoms with E-state index in [2.05, 4.69) is 68.4 Å². The van der Waals surface area contributed by atoms with E-state index in [0.29, 0.717) is 28.6 Å². The zero-order valence-corrected chi connectivity index (χ0v) is 23.5. The summed E-state index contributed by atoms with van der Waals surface area (Å²) in [6, 6.07) is 0.